The summed E-state index contributed by atoms with van der Waals surface area (Å²) < 4.78 is 0. The first-order chi connectivity index (χ1) is 9.93. The van der Waals surface area contributed by atoms with E-state index in [9.17, 15) is 0 Å². The fourth-order valence-corrected chi connectivity index (χ4v) is 1.65. The smallest absolute Gasteiger partial charge is 0.181 e. The van der Waals surface area contributed by atoms with E-state index < -0.39 is 0 Å². The average molecular weight is 262 g/mol. The van der Waals surface area contributed by atoms with Crippen LogP contribution in [0.1, 0.15) is 0 Å². The molecule has 0 radical (unpaired) electrons. The molecule has 0 aliphatic carbocycles. The van der Waals surface area contributed by atoms with Crippen molar-refractivity contribution < 1.29 is 0 Å². The molecule has 0 saturated carbocycles. The van der Waals surface area contributed by atoms with E-state index >= 15 is 0 Å². The van der Waals surface area contributed by atoms with Crippen molar-refractivity contribution in [2.75, 3.05) is 0 Å². The van der Waals surface area contributed by atoms with E-state index in [0.717, 1.165) is 16.4 Å². The van der Waals surface area contributed by atoms with Crippen LogP contribution in [0.2, 0.25) is 0 Å². The number of aromatic nitrogens is 6. The highest BCUT2D eigenvalue weighted by atomic mass is 15.1. The fraction of sp³-hybridized carbons (Fsp3) is 0. The zero-order chi connectivity index (χ0) is 13.6. The Balaban J connectivity index is 0.000000121. The molecule has 0 spiro atoms. The van der Waals surface area contributed by atoms with Crippen LogP contribution in [-0.2, 0) is 0 Å². The van der Waals surface area contributed by atoms with Crippen molar-refractivity contribution in [3.63, 3.8) is 0 Å². The van der Waals surface area contributed by atoms with Gasteiger partial charge in [-0.05, 0) is 12.1 Å². The van der Waals surface area contributed by atoms with Gasteiger partial charge in [-0.25, -0.2) is 19.9 Å². The molecule has 1 aromatic carbocycles. The van der Waals surface area contributed by atoms with Gasteiger partial charge in [0.1, 0.15) is 11.8 Å². The lowest BCUT2D eigenvalue weighted by atomic mass is 10.2. The molecule has 4 rings (SSSR count). The Hall–Kier alpha value is -3.02. The molecule has 3 aromatic heterocycles. The number of nitrogens with zero attached hydrogens (tertiary/aromatic N) is 6. The summed E-state index contributed by atoms with van der Waals surface area (Å²) in [5.74, 6) is 0. The maximum atomic E-state index is 3.99. The van der Waals surface area contributed by atoms with Crippen LogP contribution in [0, 0.1) is 0 Å². The zero-order valence-corrected chi connectivity index (χ0v) is 10.5. The van der Waals surface area contributed by atoms with Gasteiger partial charge in [0.25, 0.3) is 0 Å². The Bertz CT molecular complexity index is 631. The zero-order valence-electron chi connectivity index (χ0n) is 10.5. The van der Waals surface area contributed by atoms with Gasteiger partial charge >= 0.3 is 0 Å². The normalized spacial score (nSPS) is 10.0. The summed E-state index contributed by atoms with van der Waals surface area (Å²) in [4.78, 5) is 15.7. The molecule has 6 heteroatoms. The van der Waals surface area contributed by atoms with Crippen LogP contribution in [0.3, 0.4) is 0 Å². The molecule has 96 valence electrons. The number of hydrogen-bond donors (Lipinski definition) is 0. The Morgan fingerprint density at radius 2 is 1.65 bits per heavy atom. The van der Waals surface area contributed by atoms with Gasteiger partial charge in [-0.1, -0.05) is 18.2 Å². The molecular formula is C14H10N6. The van der Waals surface area contributed by atoms with Crippen LogP contribution in [-0.4, -0.2) is 30.1 Å². The quantitative estimate of drug-likeness (QED) is 0.482. The molecule has 0 aliphatic rings. The molecule has 0 aliphatic heterocycles. The Kier molecular flexibility index (Phi) is 3.46. The summed E-state index contributed by atoms with van der Waals surface area (Å²) in [6.07, 6.45) is 8.01. The van der Waals surface area contributed by atoms with Crippen molar-refractivity contribution >= 4 is 22.1 Å². The van der Waals surface area contributed by atoms with Gasteiger partial charge in [0, 0.05) is 17.8 Å². The van der Waals surface area contributed by atoms with Crippen LogP contribution in [0.25, 0.3) is 22.1 Å². The molecule has 6 nitrogen and oxygen atoms in total. The molecule has 0 unspecified atom stereocenters. The second kappa shape index (κ2) is 5.75. The predicted molar refractivity (Wildman–Crippen MR) is 74.7 cm³/mol. The molecule has 0 saturated heterocycles. The topological polar surface area (TPSA) is 77.3 Å². The summed E-state index contributed by atoms with van der Waals surface area (Å²) in [5.41, 5.74) is 2.31. The van der Waals surface area contributed by atoms with Gasteiger partial charge in [-0.2, -0.15) is 10.2 Å². The summed E-state index contributed by atoms with van der Waals surface area (Å²) >= 11 is 0. The van der Waals surface area contributed by atoms with E-state index in [-0.39, 0.29) is 0 Å². The third-order valence-corrected chi connectivity index (χ3v) is 2.57. The Morgan fingerprint density at radius 3 is 2.55 bits per heavy atom. The van der Waals surface area contributed by atoms with Crippen LogP contribution < -0.4 is 0 Å². The van der Waals surface area contributed by atoms with Gasteiger partial charge in [0.05, 0.1) is 17.9 Å². The molecule has 0 fully saturated rings. The second-order valence-electron chi connectivity index (χ2n) is 3.88. The lowest BCUT2D eigenvalue weighted by Crippen LogP contribution is -1.85. The standard InChI is InChI=1S/C8H6N2.C6H4N4/c1-2-4-8-7(3-1)5-6-9-10-8;1-2-9-6-5(8-1)3-7-4-10-6/h1-6H;1-4H. The summed E-state index contributed by atoms with van der Waals surface area (Å²) in [6, 6.07) is 9.86. The van der Waals surface area contributed by atoms with Gasteiger partial charge in [0.2, 0.25) is 0 Å². The molecule has 0 atom stereocenters. The molecule has 4 aromatic rings. The first kappa shape index (κ1) is 12.0. The van der Waals surface area contributed by atoms with E-state index in [1.54, 1.807) is 24.8 Å². The van der Waals surface area contributed by atoms with Crippen molar-refractivity contribution in [1.29, 1.82) is 0 Å². The van der Waals surface area contributed by atoms with E-state index in [1.807, 2.05) is 30.3 Å². The Labute approximate surface area is 114 Å². The number of benzene rings is 1. The third-order valence-electron chi connectivity index (χ3n) is 2.57. The van der Waals surface area contributed by atoms with Crippen LogP contribution in [0.5, 0.6) is 0 Å². The monoisotopic (exact) mass is 262 g/mol. The largest absolute Gasteiger partial charge is 0.250 e. The molecule has 3 heterocycles. The minimum atomic E-state index is 0.637. The van der Waals surface area contributed by atoms with Crippen molar-refractivity contribution in [2.45, 2.75) is 0 Å². The van der Waals surface area contributed by atoms with E-state index in [0.29, 0.717) is 5.65 Å². The van der Waals surface area contributed by atoms with Crippen molar-refractivity contribution in [1.82, 2.24) is 30.1 Å². The molecule has 20 heavy (non-hydrogen) atoms. The highest BCUT2D eigenvalue weighted by Crippen LogP contribution is 2.06. The van der Waals surface area contributed by atoms with Crippen LogP contribution in [0.15, 0.2) is 61.4 Å². The summed E-state index contributed by atoms with van der Waals surface area (Å²) in [6.45, 7) is 0. The lowest BCUT2D eigenvalue weighted by molar-refractivity contribution is 1.08. The molecule has 0 amide bonds. The second-order valence-corrected chi connectivity index (χ2v) is 3.88. The van der Waals surface area contributed by atoms with Crippen LogP contribution >= 0.6 is 0 Å². The van der Waals surface area contributed by atoms with Gasteiger partial charge in [-0.15, -0.1) is 0 Å². The van der Waals surface area contributed by atoms with Gasteiger partial charge in [-0.3, -0.25) is 0 Å². The van der Waals surface area contributed by atoms with Gasteiger partial charge < -0.3 is 0 Å². The minimum absolute atomic E-state index is 0.637. The van der Waals surface area contributed by atoms with Crippen molar-refractivity contribution in [3.05, 3.63) is 61.4 Å². The highest BCUT2D eigenvalue weighted by Gasteiger charge is 1.91. The van der Waals surface area contributed by atoms with Crippen molar-refractivity contribution in [2.24, 2.45) is 0 Å². The fourth-order valence-electron chi connectivity index (χ4n) is 1.65. The predicted octanol–water partition coefficient (Wildman–Crippen LogP) is 2.05. The number of fused-ring (bicyclic) bond motifs is 2. The molecule has 0 N–H and O–H groups in total. The van der Waals surface area contributed by atoms with Crippen molar-refractivity contribution in [3.8, 4) is 0 Å². The first-order valence-corrected chi connectivity index (χ1v) is 5.96. The first-order valence-electron chi connectivity index (χ1n) is 5.96. The number of hydrogen-bond acceptors (Lipinski definition) is 6. The van der Waals surface area contributed by atoms with E-state index in [1.165, 1.54) is 6.33 Å². The minimum Gasteiger partial charge on any atom is -0.250 e. The summed E-state index contributed by atoms with van der Waals surface area (Å²) in [5, 5.41) is 8.83. The SMILES string of the molecule is c1ccc2nnccc2c1.c1cnc2ncncc2n1. The van der Waals surface area contributed by atoms with E-state index in [2.05, 4.69) is 30.1 Å². The summed E-state index contributed by atoms with van der Waals surface area (Å²) in [7, 11) is 0. The third kappa shape index (κ3) is 2.69. The maximum absolute atomic E-state index is 3.99. The van der Waals surface area contributed by atoms with Gasteiger partial charge in [0.15, 0.2) is 5.65 Å². The lowest BCUT2D eigenvalue weighted by Gasteiger charge is -1.90. The molecule has 0 bridgehead atoms. The van der Waals surface area contributed by atoms with Crippen LogP contribution in [0.4, 0.5) is 0 Å². The molecular weight excluding hydrogens is 252 g/mol. The number of rotatable bonds is 0. The average Bonchev–Trinajstić information content (AvgIpc) is 2.56. The Morgan fingerprint density at radius 1 is 0.750 bits per heavy atom. The maximum Gasteiger partial charge on any atom is 0.181 e. The highest BCUT2D eigenvalue weighted by molar-refractivity contribution is 5.77. The van der Waals surface area contributed by atoms with E-state index in [4.69, 9.17) is 0 Å².